The van der Waals surface area contributed by atoms with Gasteiger partial charge in [0.25, 0.3) is 0 Å². The lowest BCUT2D eigenvalue weighted by molar-refractivity contribution is -0.114. The van der Waals surface area contributed by atoms with Crippen LogP contribution in [0.1, 0.15) is 84.9 Å². The molecule has 1 aromatic carbocycles. The molecule has 2 saturated carbocycles. The molecule has 4 aliphatic carbocycles. The second-order valence-electron chi connectivity index (χ2n) is 10.6. The van der Waals surface area contributed by atoms with Crippen molar-refractivity contribution in [3.05, 3.63) is 52.5 Å². The van der Waals surface area contributed by atoms with Gasteiger partial charge in [-0.25, -0.2) is 0 Å². The van der Waals surface area contributed by atoms with E-state index in [9.17, 15) is 9.90 Å². The highest BCUT2D eigenvalue weighted by Crippen LogP contribution is 2.66. The Bertz CT molecular complexity index is 1350. The molecule has 0 amide bonds. The Morgan fingerprint density at radius 2 is 1.97 bits per heavy atom. The van der Waals surface area contributed by atoms with Gasteiger partial charge in [0.2, 0.25) is 0 Å². The van der Waals surface area contributed by atoms with Gasteiger partial charge in [0, 0.05) is 46.7 Å². The van der Waals surface area contributed by atoms with Crippen LogP contribution in [0.15, 0.2) is 47.0 Å². The number of allylic oxidation sites excluding steroid dienone is 4. The lowest BCUT2D eigenvalue weighted by Gasteiger charge is -2.53. The minimum Gasteiger partial charge on any atom is -0.378 e. The third kappa shape index (κ3) is 3.50. The van der Waals surface area contributed by atoms with Crippen LogP contribution >= 0.6 is 0 Å². The van der Waals surface area contributed by atoms with Gasteiger partial charge < -0.3 is 10.0 Å². The van der Waals surface area contributed by atoms with Crippen LogP contribution in [0.25, 0.3) is 0 Å². The second kappa shape index (κ2) is 8.17. The molecule has 0 spiro atoms. The van der Waals surface area contributed by atoms with Gasteiger partial charge in [-0.05, 0) is 85.2 Å². The van der Waals surface area contributed by atoms with Gasteiger partial charge in [-0.3, -0.25) is 4.79 Å². The number of fused-ring (bicyclic) bond motifs is 4. The summed E-state index contributed by atoms with van der Waals surface area (Å²) in [5.41, 5.74) is 1.67. The molecule has 5 atom stereocenters. The first-order valence-corrected chi connectivity index (χ1v) is 12.1. The molecule has 0 saturated heterocycles. The standard InChI is InChI=1S/C30H37NO2/c1-5-6-16-30(33)17-15-27-25-13-9-21-18-23(32)12-14-24(21)28(25)26(19-29(27,30)2)20-7-10-22(11-8-20)31(3)4/h7-8,10-11,18,25-27,33H,5,9,12-15,17,19H2,1-4H3/t25-,26+,27-,29-,30-/m0/s1/i5D2,7D,8D,10D,11D. The molecule has 5 rings (SSSR count). The number of ketones is 1. The molecule has 1 N–H and O–H groups in total. The SMILES string of the molecule is [2H]c1c([2H])c(N(C)C)c([2H])c([2H])c1[C@H]1C[C@@]2(C)[C@@H](CC[C@@]2(O)C#CC([2H])([2H])C)[C@@H]2CCC3=CC(=O)CCC3=C21. The van der Waals surface area contributed by atoms with Crippen molar-refractivity contribution in [3.8, 4) is 11.8 Å². The first kappa shape index (κ1) is 16.3. The molecule has 0 heterocycles. The fraction of sp³-hybridized carbons (Fsp3) is 0.567. The fourth-order valence-electron chi connectivity index (χ4n) is 7.01. The molecule has 1 aromatic rings. The molecule has 174 valence electrons. The predicted octanol–water partition coefficient (Wildman–Crippen LogP) is 5.80. The van der Waals surface area contributed by atoms with Crippen LogP contribution in [0.4, 0.5) is 5.69 Å². The Balaban J connectivity index is 1.77. The minimum atomic E-state index is -1.75. The van der Waals surface area contributed by atoms with Crippen molar-refractivity contribution in [1.82, 2.24) is 0 Å². The Morgan fingerprint density at radius 3 is 2.67 bits per heavy atom. The molecule has 4 aliphatic rings. The van der Waals surface area contributed by atoms with E-state index in [0.717, 1.165) is 36.0 Å². The molecule has 33 heavy (non-hydrogen) atoms. The van der Waals surface area contributed by atoms with Crippen molar-refractivity contribution in [2.45, 2.75) is 76.7 Å². The topological polar surface area (TPSA) is 40.5 Å². The van der Waals surface area contributed by atoms with Crippen molar-refractivity contribution >= 4 is 11.5 Å². The van der Waals surface area contributed by atoms with E-state index in [1.54, 1.807) is 25.1 Å². The first-order valence-electron chi connectivity index (χ1n) is 15.1. The molecule has 0 unspecified atom stereocenters. The van der Waals surface area contributed by atoms with Crippen LogP contribution in [0.2, 0.25) is 0 Å². The van der Waals surface area contributed by atoms with Gasteiger partial charge in [0.1, 0.15) is 5.60 Å². The molecule has 0 bridgehead atoms. The zero-order valence-corrected chi connectivity index (χ0v) is 20.1. The Morgan fingerprint density at radius 1 is 1.21 bits per heavy atom. The van der Waals surface area contributed by atoms with Gasteiger partial charge in [0.05, 0.1) is 5.48 Å². The van der Waals surface area contributed by atoms with E-state index < -0.39 is 23.3 Å². The lowest BCUT2D eigenvalue weighted by Crippen LogP contribution is -2.51. The van der Waals surface area contributed by atoms with Crippen LogP contribution < -0.4 is 4.90 Å². The Hall–Kier alpha value is -2.31. The summed E-state index contributed by atoms with van der Waals surface area (Å²) >= 11 is 0. The van der Waals surface area contributed by atoms with Crippen LogP contribution in [-0.2, 0) is 4.79 Å². The Labute approximate surface area is 207 Å². The summed E-state index contributed by atoms with van der Waals surface area (Å²) in [6, 6.07) is -0.314. The van der Waals surface area contributed by atoms with Crippen LogP contribution in [0.5, 0.6) is 0 Å². The normalized spacial score (nSPS) is 38.2. The summed E-state index contributed by atoms with van der Waals surface area (Å²) in [7, 11) is 3.41. The number of aliphatic hydroxyl groups is 1. The van der Waals surface area contributed by atoms with E-state index in [1.807, 2.05) is 6.92 Å². The number of anilines is 1. The highest BCUT2D eigenvalue weighted by Gasteiger charge is 2.62. The average Bonchev–Trinajstić information content (AvgIpc) is 3.11. The van der Waals surface area contributed by atoms with Crippen LogP contribution in [0, 0.1) is 29.1 Å². The highest BCUT2D eigenvalue weighted by molar-refractivity contribution is 5.93. The molecular weight excluding hydrogens is 406 g/mol. The third-order valence-electron chi connectivity index (χ3n) is 8.71. The maximum absolute atomic E-state index is 12.3. The minimum absolute atomic E-state index is 0.0546. The molecule has 2 fully saturated rings. The fourth-order valence-corrected chi connectivity index (χ4v) is 7.01. The van der Waals surface area contributed by atoms with Crippen molar-refractivity contribution in [2.75, 3.05) is 19.0 Å². The Kier molecular flexibility index (Phi) is 4.05. The molecule has 0 aromatic heterocycles. The summed E-state index contributed by atoms with van der Waals surface area (Å²) in [6.45, 7) is 3.39. The number of hydrogen-bond acceptors (Lipinski definition) is 3. The molecule has 3 nitrogen and oxygen atoms in total. The summed E-state index contributed by atoms with van der Waals surface area (Å²) < 4.78 is 51.4. The highest BCUT2D eigenvalue weighted by atomic mass is 16.3. The summed E-state index contributed by atoms with van der Waals surface area (Å²) in [5, 5.41) is 12.0. The number of hydrogen-bond donors (Lipinski definition) is 1. The number of nitrogens with zero attached hydrogens (tertiary/aromatic N) is 1. The van der Waals surface area contributed by atoms with E-state index >= 15 is 0 Å². The van der Waals surface area contributed by atoms with Crippen LogP contribution in [0.3, 0.4) is 0 Å². The first-order chi connectivity index (χ1) is 18.1. The predicted molar refractivity (Wildman–Crippen MR) is 134 cm³/mol. The number of carbonyl (C=O) groups excluding carboxylic acids is 1. The molecule has 0 radical (unpaired) electrons. The van der Waals surface area contributed by atoms with Crippen molar-refractivity contribution in [3.63, 3.8) is 0 Å². The lowest BCUT2D eigenvalue weighted by atomic mass is 9.51. The number of benzene rings is 1. The number of carbonyl (C=O) groups is 1. The van der Waals surface area contributed by atoms with Gasteiger partial charge >= 0.3 is 0 Å². The zero-order valence-electron chi connectivity index (χ0n) is 26.1. The van der Waals surface area contributed by atoms with E-state index in [2.05, 4.69) is 11.8 Å². The quantitative estimate of drug-likeness (QED) is 0.581. The second-order valence-corrected chi connectivity index (χ2v) is 10.6. The number of rotatable bonds is 2. The third-order valence-corrected chi connectivity index (χ3v) is 8.71. The molecule has 3 heteroatoms. The summed E-state index contributed by atoms with van der Waals surface area (Å²) in [4.78, 5) is 13.9. The van der Waals surface area contributed by atoms with Crippen molar-refractivity contribution in [1.29, 1.82) is 0 Å². The van der Waals surface area contributed by atoms with Gasteiger partial charge in [0.15, 0.2) is 5.78 Å². The molecule has 0 aliphatic heterocycles. The zero-order chi connectivity index (χ0) is 28.7. The largest absolute Gasteiger partial charge is 0.378 e. The van der Waals surface area contributed by atoms with E-state index in [1.165, 1.54) is 6.92 Å². The smallest absolute Gasteiger partial charge is 0.156 e. The van der Waals surface area contributed by atoms with Gasteiger partial charge in [-0.1, -0.05) is 37.4 Å². The van der Waals surface area contributed by atoms with Crippen molar-refractivity contribution < 1.29 is 18.1 Å². The van der Waals surface area contributed by atoms with Gasteiger partial charge in [-0.2, -0.15) is 0 Å². The van der Waals surface area contributed by atoms with Crippen LogP contribution in [-0.4, -0.2) is 30.6 Å². The molecular formula is C30H37NO2. The maximum Gasteiger partial charge on any atom is 0.156 e. The summed E-state index contributed by atoms with van der Waals surface area (Å²) in [5.74, 6) is 5.33. The monoisotopic (exact) mass is 449 g/mol. The van der Waals surface area contributed by atoms with E-state index in [0.29, 0.717) is 31.2 Å². The van der Waals surface area contributed by atoms with E-state index in [-0.39, 0.29) is 47.5 Å². The van der Waals surface area contributed by atoms with Gasteiger partial charge in [-0.15, -0.1) is 5.92 Å². The van der Waals surface area contributed by atoms with E-state index in [4.69, 9.17) is 8.22 Å². The average molecular weight is 450 g/mol. The maximum atomic E-state index is 12.3. The van der Waals surface area contributed by atoms with Crippen molar-refractivity contribution in [2.24, 2.45) is 17.3 Å². The summed E-state index contributed by atoms with van der Waals surface area (Å²) in [6.07, 6.45) is 4.08.